The van der Waals surface area contributed by atoms with E-state index in [1.54, 1.807) is 0 Å². The van der Waals surface area contributed by atoms with Gasteiger partial charge in [0.15, 0.2) is 6.29 Å². The van der Waals surface area contributed by atoms with Gasteiger partial charge in [0.25, 0.3) is 0 Å². The van der Waals surface area contributed by atoms with Crippen LogP contribution in [-0.4, -0.2) is 19.5 Å². The van der Waals surface area contributed by atoms with Crippen LogP contribution in [0.2, 0.25) is 0 Å². The lowest BCUT2D eigenvalue weighted by Crippen LogP contribution is -2.09. The van der Waals surface area contributed by atoms with E-state index in [-0.39, 0.29) is 6.29 Å². The monoisotopic (exact) mass is 154 g/mol. The standard InChI is InChI=1S/C9H14O2/c1-2-3-7-6-11-9-8(7)4-5-10-9/h3,8-9H,2,4-6H2,1H3/b7-3-. The minimum absolute atomic E-state index is 0.0906. The molecule has 0 aliphatic carbocycles. The van der Waals surface area contributed by atoms with Crippen LogP contribution >= 0.6 is 0 Å². The molecule has 0 bridgehead atoms. The Bertz CT molecular complexity index is 174. The Morgan fingerprint density at radius 3 is 3.27 bits per heavy atom. The van der Waals surface area contributed by atoms with Crippen LogP contribution in [0.1, 0.15) is 19.8 Å². The van der Waals surface area contributed by atoms with E-state index in [4.69, 9.17) is 9.47 Å². The fourth-order valence-corrected chi connectivity index (χ4v) is 1.85. The molecule has 0 N–H and O–H groups in total. The number of hydrogen-bond acceptors (Lipinski definition) is 2. The van der Waals surface area contributed by atoms with E-state index in [0.29, 0.717) is 5.92 Å². The normalized spacial score (nSPS) is 39.9. The van der Waals surface area contributed by atoms with E-state index >= 15 is 0 Å². The van der Waals surface area contributed by atoms with Gasteiger partial charge in [0, 0.05) is 5.92 Å². The van der Waals surface area contributed by atoms with E-state index in [1.165, 1.54) is 5.57 Å². The van der Waals surface area contributed by atoms with Gasteiger partial charge in [0.1, 0.15) is 0 Å². The lowest BCUT2D eigenvalue weighted by molar-refractivity contribution is -0.0904. The van der Waals surface area contributed by atoms with Crippen LogP contribution in [0.3, 0.4) is 0 Å². The van der Waals surface area contributed by atoms with Crippen molar-refractivity contribution in [3.63, 3.8) is 0 Å². The van der Waals surface area contributed by atoms with Gasteiger partial charge in [0.05, 0.1) is 13.2 Å². The molecular weight excluding hydrogens is 140 g/mol. The fraction of sp³-hybridized carbons (Fsp3) is 0.778. The van der Waals surface area contributed by atoms with Crippen molar-refractivity contribution < 1.29 is 9.47 Å². The first-order valence-electron chi connectivity index (χ1n) is 4.34. The average Bonchev–Trinajstić information content (AvgIpc) is 2.53. The summed E-state index contributed by atoms with van der Waals surface area (Å²) in [5.41, 5.74) is 1.45. The lowest BCUT2D eigenvalue weighted by atomic mass is 9.99. The van der Waals surface area contributed by atoms with Crippen molar-refractivity contribution in [1.29, 1.82) is 0 Å². The molecule has 2 heterocycles. The van der Waals surface area contributed by atoms with Gasteiger partial charge in [-0.3, -0.25) is 0 Å². The maximum atomic E-state index is 5.45. The van der Waals surface area contributed by atoms with Crippen molar-refractivity contribution in [1.82, 2.24) is 0 Å². The first kappa shape index (κ1) is 7.32. The zero-order valence-corrected chi connectivity index (χ0v) is 6.88. The third-order valence-electron chi connectivity index (χ3n) is 2.40. The Hall–Kier alpha value is -0.340. The highest BCUT2D eigenvalue weighted by atomic mass is 16.7. The summed E-state index contributed by atoms with van der Waals surface area (Å²) >= 11 is 0. The van der Waals surface area contributed by atoms with Gasteiger partial charge in [-0.05, 0) is 18.4 Å². The Balaban J connectivity index is 2.08. The predicted molar refractivity (Wildman–Crippen MR) is 42.2 cm³/mol. The van der Waals surface area contributed by atoms with Crippen molar-refractivity contribution in [2.75, 3.05) is 13.2 Å². The molecule has 0 aromatic heterocycles. The average molecular weight is 154 g/mol. The number of rotatable bonds is 1. The van der Waals surface area contributed by atoms with Crippen LogP contribution in [0.15, 0.2) is 11.6 Å². The molecule has 0 aromatic carbocycles. The highest BCUT2D eigenvalue weighted by Crippen LogP contribution is 2.34. The second kappa shape index (κ2) is 2.95. The van der Waals surface area contributed by atoms with Gasteiger partial charge in [-0.2, -0.15) is 0 Å². The molecule has 2 aliphatic heterocycles. The van der Waals surface area contributed by atoms with Crippen LogP contribution in [0.5, 0.6) is 0 Å². The molecule has 0 amide bonds. The maximum Gasteiger partial charge on any atom is 0.164 e. The summed E-state index contributed by atoms with van der Waals surface area (Å²) in [6.45, 7) is 3.83. The number of allylic oxidation sites excluding steroid dienone is 1. The van der Waals surface area contributed by atoms with Crippen molar-refractivity contribution in [2.24, 2.45) is 5.92 Å². The molecule has 0 radical (unpaired) electrons. The summed E-state index contributed by atoms with van der Waals surface area (Å²) in [6.07, 6.45) is 4.63. The molecule has 2 fully saturated rings. The summed E-state index contributed by atoms with van der Waals surface area (Å²) in [5, 5.41) is 0. The maximum absolute atomic E-state index is 5.45. The summed E-state index contributed by atoms with van der Waals surface area (Å²) in [4.78, 5) is 0. The van der Waals surface area contributed by atoms with Crippen LogP contribution in [0.25, 0.3) is 0 Å². The molecule has 2 nitrogen and oxygen atoms in total. The molecular formula is C9H14O2. The molecule has 0 aromatic rings. The SMILES string of the molecule is CC/C=C1/COC2OCCC12. The second-order valence-corrected chi connectivity index (χ2v) is 3.13. The molecule has 2 aliphatic rings. The minimum Gasteiger partial charge on any atom is -0.352 e. The minimum atomic E-state index is 0.0906. The van der Waals surface area contributed by atoms with Crippen LogP contribution in [0, 0.1) is 5.92 Å². The molecule has 2 atom stereocenters. The number of hydrogen-bond donors (Lipinski definition) is 0. The van der Waals surface area contributed by atoms with Gasteiger partial charge in [-0.15, -0.1) is 0 Å². The van der Waals surface area contributed by atoms with Crippen LogP contribution in [0.4, 0.5) is 0 Å². The Morgan fingerprint density at radius 1 is 1.55 bits per heavy atom. The van der Waals surface area contributed by atoms with E-state index in [1.807, 2.05) is 0 Å². The highest BCUT2D eigenvalue weighted by molar-refractivity contribution is 5.13. The van der Waals surface area contributed by atoms with Crippen LogP contribution < -0.4 is 0 Å². The van der Waals surface area contributed by atoms with Gasteiger partial charge in [0.2, 0.25) is 0 Å². The van der Waals surface area contributed by atoms with Gasteiger partial charge >= 0.3 is 0 Å². The highest BCUT2D eigenvalue weighted by Gasteiger charge is 2.36. The van der Waals surface area contributed by atoms with Crippen molar-refractivity contribution in [3.8, 4) is 0 Å². The molecule has 2 rings (SSSR count). The Kier molecular flexibility index (Phi) is 1.96. The molecule has 0 saturated carbocycles. The zero-order chi connectivity index (χ0) is 7.68. The molecule has 11 heavy (non-hydrogen) atoms. The lowest BCUT2D eigenvalue weighted by Gasteiger charge is -2.05. The molecule has 2 unspecified atom stereocenters. The molecule has 2 saturated heterocycles. The summed E-state index contributed by atoms with van der Waals surface area (Å²) < 4.78 is 10.8. The summed E-state index contributed by atoms with van der Waals surface area (Å²) in [5.74, 6) is 0.579. The summed E-state index contributed by atoms with van der Waals surface area (Å²) in [7, 11) is 0. The largest absolute Gasteiger partial charge is 0.352 e. The van der Waals surface area contributed by atoms with Crippen LogP contribution in [-0.2, 0) is 9.47 Å². The van der Waals surface area contributed by atoms with E-state index in [2.05, 4.69) is 13.0 Å². The number of ether oxygens (including phenoxy) is 2. The smallest absolute Gasteiger partial charge is 0.164 e. The van der Waals surface area contributed by atoms with Crippen molar-refractivity contribution >= 4 is 0 Å². The topological polar surface area (TPSA) is 18.5 Å². The summed E-state index contributed by atoms with van der Waals surface area (Å²) in [6, 6.07) is 0. The first-order valence-corrected chi connectivity index (χ1v) is 4.34. The first-order chi connectivity index (χ1) is 5.42. The zero-order valence-electron chi connectivity index (χ0n) is 6.88. The quantitative estimate of drug-likeness (QED) is 0.535. The van der Waals surface area contributed by atoms with Gasteiger partial charge < -0.3 is 9.47 Å². The molecule has 0 spiro atoms. The third-order valence-corrected chi connectivity index (χ3v) is 2.40. The predicted octanol–water partition coefficient (Wildman–Crippen LogP) is 1.72. The molecule has 62 valence electrons. The Morgan fingerprint density at radius 2 is 2.45 bits per heavy atom. The fourth-order valence-electron chi connectivity index (χ4n) is 1.85. The molecule has 2 heteroatoms. The second-order valence-electron chi connectivity index (χ2n) is 3.13. The van der Waals surface area contributed by atoms with E-state index < -0.39 is 0 Å². The van der Waals surface area contributed by atoms with E-state index in [9.17, 15) is 0 Å². The number of fused-ring (bicyclic) bond motifs is 1. The third kappa shape index (κ3) is 1.21. The van der Waals surface area contributed by atoms with E-state index in [0.717, 1.165) is 26.1 Å². The van der Waals surface area contributed by atoms with Crippen molar-refractivity contribution in [2.45, 2.75) is 26.1 Å². The Labute approximate surface area is 67.2 Å². The van der Waals surface area contributed by atoms with Crippen molar-refractivity contribution in [3.05, 3.63) is 11.6 Å². The van der Waals surface area contributed by atoms with Gasteiger partial charge in [-0.25, -0.2) is 0 Å². The van der Waals surface area contributed by atoms with Gasteiger partial charge in [-0.1, -0.05) is 13.0 Å².